The molecule has 0 bridgehead atoms. The monoisotopic (exact) mass is 700 g/mol. The van der Waals surface area contributed by atoms with Crippen LogP contribution in [0.2, 0.25) is 0 Å². The Morgan fingerprint density at radius 2 is 1.05 bits per heavy atom. The van der Waals surface area contributed by atoms with E-state index < -0.39 is 0 Å². The van der Waals surface area contributed by atoms with Crippen LogP contribution in [0.5, 0.6) is 0 Å². The summed E-state index contributed by atoms with van der Waals surface area (Å²) in [6.45, 7) is 8.04. The first-order valence-electron chi connectivity index (χ1n) is 18.7. The number of para-hydroxylation sites is 2. The number of fused-ring (bicyclic) bond motifs is 11. The minimum atomic E-state index is 0.745. The molecule has 0 fully saturated rings. The van der Waals surface area contributed by atoms with Crippen LogP contribution in [0.4, 0.5) is 0 Å². The summed E-state index contributed by atoms with van der Waals surface area (Å²) < 4.78 is 11.0. The Bertz CT molecular complexity index is 3460. The summed E-state index contributed by atoms with van der Waals surface area (Å²) >= 11 is 0. The summed E-state index contributed by atoms with van der Waals surface area (Å²) in [6.07, 6.45) is 3.62. The maximum atomic E-state index is 6.10. The maximum Gasteiger partial charge on any atom is 0.135 e. The minimum Gasteiger partial charge on any atom is -0.456 e. The van der Waals surface area contributed by atoms with E-state index in [0.29, 0.717) is 0 Å². The van der Waals surface area contributed by atoms with Crippen LogP contribution in [0.1, 0.15) is 11.3 Å². The fourth-order valence-corrected chi connectivity index (χ4v) is 9.47. The zero-order valence-electron chi connectivity index (χ0n) is 29.9. The van der Waals surface area contributed by atoms with Gasteiger partial charge in [0.2, 0.25) is 0 Å². The minimum absolute atomic E-state index is 0.745. The van der Waals surface area contributed by atoms with E-state index in [1.807, 2.05) is 6.08 Å². The van der Waals surface area contributed by atoms with Crippen LogP contribution in [-0.4, -0.2) is 9.13 Å². The molecule has 8 aromatic carbocycles. The third-order valence-corrected chi connectivity index (χ3v) is 11.8. The first-order chi connectivity index (χ1) is 27.2. The smallest absolute Gasteiger partial charge is 0.135 e. The van der Waals surface area contributed by atoms with Gasteiger partial charge in [-0.2, -0.15) is 0 Å². The highest BCUT2D eigenvalue weighted by molar-refractivity contribution is 6.29. The van der Waals surface area contributed by atoms with Crippen molar-refractivity contribution in [2.24, 2.45) is 0 Å². The summed E-state index contributed by atoms with van der Waals surface area (Å²) in [5.41, 5.74) is 16.3. The molecule has 3 aromatic heterocycles. The van der Waals surface area contributed by atoms with Gasteiger partial charge < -0.3 is 13.6 Å². The Hall–Kier alpha value is -7.36. The van der Waals surface area contributed by atoms with Crippen LogP contribution in [0.3, 0.4) is 0 Å². The fourth-order valence-electron chi connectivity index (χ4n) is 9.47. The third kappa shape index (κ3) is 4.04. The van der Waals surface area contributed by atoms with E-state index in [4.69, 9.17) is 4.42 Å². The lowest BCUT2D eigenvalue weighted by molar-refractivity contribution is 0.603. The summed E-state index contributed by atoms with van der Waals surface area (Å²) in [5.74, 6) is 0.745. The lowest BCUT2D eigenvalue weighted by Crippen LogP contribution is -1.96. The van der Waals surface area contributed by atoms with Crippen molar-refractivity contribution in [1.82, 2.24) is 9.13 Å². The Morgan fingerprint density at radius 3 is 1.89 bits per heavy atom. The van der Waals surface area contributed by atoms with Crippen LogP contribution >= 0.6 is 0 Å². The van der Waals surface area contributed by atoms with Gasteiger partial charge in [-0.1, -0.05) is 110 Å². The fraction of sp³-hybridized carbons (Fsp3) is 0. The maximum absolute atomic E-state index is 6.10. The van der Waals surface area contributed by atoms with Gasteiger partial charge in [0.1, 0.15) is 11.3 Å². The summed E-state index contributed by atoms with van der Waals surface area (Å²) in [5, 5.41) is 8.60. The van der Waals surface area contributed by atoms with Gasteiger partial charge in [0, 0.05) is 43.9 Å². The number of aromatic nitrogens is 2. The lowest BCUT2D eigenvalue weighted by Gasteiger charge is -2.11. The Labute approximate surface area is 316 Å². The van der Waals surface area contributed by atoms with Crippen LogP contribution in [0.15, 0.2) is 175 Å². The Morgan fingerprint density at radius 1 is 0.400 bits per heavy atom. The topological polar surface area (TPSA) is 23.0 Å². The molecule has 12 rings (SSSR count). The highest BCUT2D eigenvalue weighted by Gasteiger charge is 2.26. The molecule has 0 N–H and O–H groups in total. The van der Waals surface area contributed by atoms with Crippen molar-refractivity contribution < 1.29 is 4.42 Å². The summed E-state index contributed by atoms with van der Waals surface area (Å²) in [4.78, 5) is 0. The molecule has 0 atom stereocenters. The van der Waals surface area contributed by atoms with E-state index >= 15 is 0 Å². The van der Waals surface area contributed by atoms with E-state index in [1.165, 1.54) is 76.6 Å². The van der Waals surface area contributed by atoms with Gasteiger partial charge >= 0.3 is 0 Å². The molecule has 11 aromatic rings. The molecular formula is C52H32N2O. The average molecular weight is 701 g/mol. The van der Waals surface area contributed by atoms with Gasteiger partial charge in [0.05, 0.1) is 22.1 Å². The quantitative estimate of drug-likeness (QED) is 0.175. The SMILES string of the molecule is C=Cc1oc2ccc(-c3ccc4c(c3)c3c5cccc6c5c(cc3n4-c3ccc4c(c3)c3ccccc3n4-c3ccccc3)-c3ccccc3-6)cc2c1C=C. The third-order valence-electron chi connectivity index (χ3n) is 11.8. The second-order valence-electron chi connectivity index (χ2n) is 14.5. The average Bonchev–Trinajstić information content (AvgIpc) is 3.97. The molecule has 3 nitrogen and oxygen atoms in total. The molecule has 1 aliphatic rings. The van der Waals surface area contributed by atoms with Crippen molar-refractivity contribution in [3.8, 4) is 44.8 Å². The number of hydrogen-bond acceptors (Lipinski definition) is 1. The lowest BCUT2D eigenvalue weighted by atomic mass is 9.96. The molecule has 0 saturated heterocycles. The molecule has 55 heavy (non-hydrogen) atoms. The molecule has 3 heterocycles. The van der Waals surface area contributed by atoms with Crippen LogP contribution in [0.25, 0.3) is 122 Å². The number of hydrogen-bond donors (Lipinski definition) is 0. The Balaban J connectivity index is 1.17. The van der Waals surface area contributed by atoms with Crippen molar-refractivity contribution in [2.45, 2.75) is 0 Å². The highest BCUT2D eigenvalue weighted by Crippen LogP contribution is 2.51. The molecule has 0 radical (unpaired) electrons. The number of benzene rings is 8. The largest absolute Gasteiger partial charge is 0.456 e. The van der Waals surface area contributed by atoms with Crippen LogP contribution in [-0.2, 0) is 0 Å². The van der Waals surface area contributed by atoms with E-state index in [-0.39, 0.29) is 0 Å². The summed E-state index contributed by atoms with van der Waals surface area (Å²) in [6, 6.07) is 57.9. The first-order valence-corrected chi connectivity index (χ1v) is 18.7. The second kappa shape index (κ2) is 11.1. The second-order valence-corrected chi connectivity index (χ2v) is 14.5. The molecule has 3 heteroatoms. The van der Waals surface area contributed by atoms with Gasteiger partial charge in [0.15, 0.2) is 0 Å². The number of furan rings is 1. The zero-order chi connectivity index (χ0) is 36.4. The van der Waals surface area contributed by atoms with Gasteiger partial charge in [-0.3, -0.25) is 0 Å². The van der Waals surface area contributed by atoms with Crippen molar-refractivity contribution >= 4 is 77.5 Å². The number of rotatable bonds is 5. The summed E-state index contributed by atoms with van der Waals surface area (Å²) in [7, 11) is 0. The van der Waals surface area contributed by atoms with Gasteiger partial charge in [-0.05, 0) is 117 Å². The molecular weight excluding hydrogens is 669 g/mol. The van der Waals surface area contributed by atoms with Crippen molar-refractivity contribution in [1.29, 1.82) is 0 Å². The molecule has 256 valence electrons. The van der Waals surface area contributed by atoms with E-state index in [1.54, 1.807) is 6.08 Å². The molecule has 0 amide bonds. The highest BCUT2D eigenvalue weighted by atomic mass is 16.3. The molecule has 0 saturated carbocycles. The van der Waals surface area contributed by atoms with Crippen LogP contribution < -0.4 is 0 Å². The molecule has 1 aliphatic carbocycles. The standard InChI is InChI=1S/C52H32N2O/c1-3-35-42-27-32(22-26-50(42)55-49(35)4-2)31-21-24-47-44(28-31)52-40-19-12-18-39-36-15-8-9-16-37(36)43(51(39)40)30-48(52)54(47)34-23-25-46-41(29-34)38-17-10-11-20-45(38)53(46)33-13-6-5-7-14-33/h3-30H,1-2H2. The zero-order valence-corrected chi connectivity index (χ0v) is 29.9. The van der Waals surface area contributed by atoms with E-state index in [9.17, 15) is 0 Å². The van der Waals surface area contributed by atoms with E-state index in [2.05, 4.69) is 180 Å². The predicted octanol–water partition coefficient (Wildman–Crippen LogP) is 14.4. The van der Waals surface area contributed by atoms with Gasteiger partial charge in [0.25, 0.3) is 0 Å². The van der Waals surface area contributed by atoms with Crippen molar-refractivity contribution in [3.05, 3.63) is 182 Å². The van der Waals surface area contributed by atoms with Crippen molar-refractivity contribution in [3.63, 3.8) is 0 Å². The molecule has 0 spiro atoms. The molecule has 0 unspecified atom stereocenters. The Kier molecular flexibility index (Phi) is 6.07. The molecule has 0 aliphatic heterocycles. The van der Waals surface area contributed by atoms with Crippen molar-refractivity contribution in [2.75, 3.05) is 0 Å². The normalized spacial score (nSPS) is 12.1. The van der Waals surface area contributed by atoms with Gasteiger partial charge in [-0.25, -0.2) is 0 Å². The van der Waals surface area contributed by atoms with Crippen LogP contribution in [0, 0.1) is 0 Å². The predicted molar refractivity (Wildman–Crippen MR) is 232 cm³/mol. The first kappa shape index (κ1) is 30.1. The number of nitrogens with zero attached hydrogens (tertiary/aromatic N) is 2. The van der Waals surface area contributed by atoms with E-state index in [0.717, 1.165) is 44.8 Å². The van der Waals surface area contributed by atoms with Gasteiger partial charge in [-0.15, -0.1) is 0 Å².